The molecule has 6 heteroatoms. The van der Waals surface area contributed by atoms with Crippen LogP contribution < -0.4 is 10.1 Å². The molecule has 0 heterocycles. The van der Waals surface area contributed by atoms with Gasteiger partial charge in [-0.25, -0.2) is 0 Å². The van der Waals surface area contributed by atoms with Gasteiger partial charge in [0.1, 0.15) is 11.5 Å². The van der Waals surface area contributed by atoms with Gasteiger partial charge in [0.15, 0.2) is 0 Å². The second kappa shape index (κ2) is 8.93. The van der Waals surface area contributed by atoms with Crippen molar-refractivity contribution in [3.05, 3.63) is 87.9 Å². The molecule has 0 unspecified atom stereocenters. The molecule has 0 radical (unpaired) electrons. The molecule has 0 saturated carbocycles. The summed E-state index contributed by atoms with van der Waals surface area (Å²) in [6.45, 7) is 1.93. The summed E-state index contributed by atoms with van der Waals surface area (Å²) < 4.78 is 5.79. The summed E-state index contributed by atoms with van der Waals surface area (Å²) in [5, 5.41) is 21.4. The van der Waals surface area contributed by atoms with Gasteiger partial charge in [0.05, 0.1) is 34.7 Å². The Bertz CT molecular complexity index is 1130. The third-order valence-electron chi connectivity index (χ3n) is 4.17. The van der Waals surface area contributed by atoms with Gasteiger partial charge in [-0.05, 0) is 54.4 Å². The number of nitriles is 2. The van der Waals surface area contributed by atoms with Crippen LogP contribution in [0.4, 0.5) is 5.69 Å². The highest BCUT2D eigenvalue weighted by atomic mass is 35.5. The average Bonchev–Trinajstić information content (AvgIpc) is 2.72. The largest absolute Gasteiger partial charge is 0.456 e. The summed E-state index contributed by atoms with van der Waals surface area (Å²) in [5.41, 5.74) is 3.08. The van der Waals surface area contributed by atoms with Gasteiger partial charge in [-0.3, -0.25) is 4.79 Å². The molecule has 0 aliphatic carbocycles. The maximum absolute atomic E-state index is 12.4. The molecule has 3 aromatic rings. The maximum Gasteiger partial charge on any atom is 0.228 e. The lowest BCUT2D eigenvalue weighted by atomic mass is 10.1. The first-order chi connectivity index (χ1) is 14.0. The van der Waals surface area contributed by atoms with Crippen molar-refractivity contribution in [1.29, 1.82) is 10.5 Å². The number of carbonyl (C=O) groups excluding carboxylic acids is 1. The molecule has 0 aromatic heterocycles. The molecule has 3 aromatic carbocycles. The Morgan fingerprint density at radius 3 is 2.38 bits per heavy atom. The van der Waals surface area contributed by atoms with E-state index in [9.17, 15) is 4.79 Å². The maximum atomic E-state index is 12.4. The highest BCUT2D eigenvalue weighted by Crippen LogP contribution is 2.31. The van der Waals surface area contributed by atoms with Crippen LogP contribution in [0.15, 0.2) is 60.7 Å². The molecule has 0 aliphatic rings. The van der Waals surface area contributed by atoms with E-state index in [1.54, 1.807) is 18.2 Å². The second-order valence-corrected chi connectivity index (χ2v) is 6.78. The van der Waals surface area contributed by atoms with Gasteiger partial charge in [0.2, 0.25) is 5.91 Å². The van der Waals surface area contributed by atoms with Gasteiger partial charge in [0.25, 0.3) is 0 Å². The van der Waals surface area contributed by atoms with Gasteiger partial charge in [-0.1, -0.05) is 35.9 Å². The molecule has 3 rings (SSSR count). The SMILES string of the molecule is Cc1ccccc1NC(=O)Cc1ccc(Cl)c(Oc2cc(C#N)cc(C#N)c2)c1. The fourth-order valence-corrected chi connectivity index (χ4v) is 2.90. The zero-order chi connectivity index (χ0) is 20.8. The lowest BCUT2D eigenvalue weighted by Crippen LogP contribution is -2.15. The zero-order valence-corrected chi connectivity index (χ0v) is 16.3. The van der Waals surface area contributed by atoms with Crippen molar-refractivity contribution in [3.63, 3.8) is 0 Å². The number of aryl methyl sites for hydroxylation is 1. The smallest absolute Gasteiger partial charge is 0.228 e. The number of anilines is 1. The Hall–Kier alpha value is -3.80. The van der Waals surface area contributed by atoms with Gasteiger partial charge in [-0.15, -0.1) is 0 Å². The van der Waals surface area contributed by atoms with Crippen LogP contribution in [-0.4, -0.2) is 5.91 Å². The highest BCUT2D eigenvalue weighted by Gasteiger charge is 2.11. The molecule has 1 amide bonds. The predicted octanol–water partition coefficient (Wildman–Crippen LogP) is 5.37. The standard InChI is InChI=1S/C23H16ClN3O2/c1-15-4-2-3-5-21(15)27-23(28)12-16-6-7-20(24)22(11-16)29-19-9-17(13-25)8-18(10-19)14-26/h2-11H,12H2,1H3,(H,27,28). The Balaban J connectivity index is 1.78. The first-order valence-electron chi connectivity index (χ1n) is 8.75. The van der Waals surface area contributed by atoms with E-state index in [1.165, 1.54) is 18.2 Å². The van der Waals surface area contributed by atoms with Crippen molar-refractivity contribution in [2.45, 2.75) is 13.3 Å². The predicted molar refractivity (Wildman–Crippen MR) is 111 cm³/mol. The summed E-state index contributed by atoms with van der Waals surface area (Å²) in [6, 6.07) is 21.1. The van der Waals surface area contributed by atoms with Crippen molar-refractivity contribution in [2.75, 3.05) is 5.32 Å². The lowest BCUT2D eigenvalue weighted by molar-refractivity contribution is -0.115. The van der Waals surface area contributed by atoms with Crippen LogP contribution in [0, 0.1) is 29.6 Å². The number of rotatable bonds is 5. The van der Waals surface area contributed by atoms with Crippen molar-refractivity contribution in [3.8, 4) is 23.6 Å². The average molecular weight is 402 g/mol. The minimum absolute atomic E-state index is 0.142. The summed E-state index contributed by atoms with van der Waals surface area (Å²) in [7, 11) is 0. The Morgan fingerprint density at radius 2 is 1.72 bits per heavy atom. The van der Waals surface area contributed by atoms with E-state index in [0.29, 0.717) is 33.2 Å². The normalized spacial score (nSPS) is 9.93. The van der Waals surface area contributed by atoms with Crippen LogP contribution in [-0.2, 0) is 11.2 Å². The summed E-state index contributed by atoms with van der Waals surface area (Å²) >= 11 is 6.22. The zero-order valence-electron chi connectivity index (χ0n) is 15.6. The van der Waals surface area contributed by atoms with Gasteiger partial charge in [-0.2, -0.15) is 10.5 Å². The molecule has 142 valence electrons. The lowest BCUT2D eigenvalue weighted by Gasteiger charge is -2.11. The number of halogens is 1. The Labute approximate surface area is 173 Å². The second-order valence-electron chi connectivity index (χ2n) is 6.38. The molecule has 0 spiro atoms. The van der Waals surface area contributed by atoms with Gasteiger partial charge in [0, 0.05) is 5.69 Å². The van der Waals surface area contributed by atoms with E-state index < -0.39 is 0 Å². The van der Waals surface area contributed by atoms with Crippen LogP contribution >= 0.6 is 11.6 Å². The summed E-state index contributed by atoms with van der Waals surface area (Å²) in [6.07, 6.45) is 0.142. The fourth-order valence-electron chi connectivity index (χ4n) is 2.74. The van der Waals surface area contributed by atoms with Crippen LogP contribution in [0.5, 0.6) is 11.5 Å². The topological polar surface area (TPSA) is 85.9 Å². The Kier molecular flexibility index (Phi) is 6.14. The van der Waals surface area contributed by atoms with Crippen molar-refractivity contribution in [1.82, 2.24) is 0 Å². The van der Waals surface area contributed by atoms with Crippen LogP contribution in [0.1, 0.15) is 22.3 Å². The summed E-state index contributed by atoms with van der Waals surface area (Å²) in [4.78, 5) is 12.4. The number of amides is 1. The quantitative estimate of drug-likeness (QED) is 0.623. The Morgan fingerprint density at radius 1 is 1.03 bits per heavy atom. The molecular formula is C23H16ClN3O2. The molecule has 29 heavy (non-hydrogen) atoms. The molecule has 5 nitrogen and oxygen atoms in total. The van der Waals surface area contributed by atoms with E-state index in [-0.39, 0.29) is 12.3 Å². The molecule has 1 N–H and O–H groups in total. The van der Waals surface area contributed by atoms with Crippen molar-refractivity contribution < 1.29 is 9.53 Å². The van der Waals surface area contributed by atoms with E-state index >= 15 is 0 Å². The van der Waals surface area contributed by atoms with Crippen LogP contribution in [0.2, 0.25) is 5.02 Å². The first kappa shape index (κ1) is 19.9. The third-order valence-corrected chi connectivity index (χ3v) is 4.48. The van der Waals surface area contributed by atoms with E-state index in [2.05, 4.69) is 5.32 Å². The molecular weight excluding hydrogens is 386 g/mol. The monoisotopic (exact) mass is 401 g/mol. The van der Waals surface area contributed by atoms with Gasteiger partial charge < -0.3 is 10.1 Å². The number of hydrogen-bond acceptors (Lipinski definition) is 4. The highest BCUT2D eigenvalue weighted by molar-refractivity contribution is 6.32. The van der Waals surface area contributed by atoms with Crippen LogP contribution in [0.25, 0.3) is 0 Å². The van der Waals surface area contributed by atoms with Crippen molar-refractivity contribution in [2.24, 2.45) is 0 Å². The number of nitrogens with one attached hydrogen (secondary N) is 1. The van der Waals surface area contributed by atoms with Gasteiger partial charge >= 0.3 is 0 Å². The van der Waals surface area contributed by atoms with E-state index in [1.807, 2.05) is 43.3 Å². The number of para-hydroxylation sites is 1. The molecule has 0 bridgehead atoms. The number of nitrogens with zero attached hydrogens (tertiary/aromatic N) is 2. The number of ether oxygens (including phenoxy) is 1. The van der Waals surface area contributed by atoms with Crippen LogP contribution in [0.3, 0.4) is 0 Å². The minimum Gasteiger partial charge on any atom is -0.456 e. The van der Waals surface area contributed by atoms with E-state index in [4.69, 9.17) is 26.9 Å². The number of benzene rings is 3. The minimum atomic E-state index is -0.161. The third kappa shape index (κ3) is 5.13. The van der Waals surface area contributed by atoms with E-state index in [0.717, 1.165) is 11.3 Å². The first-order valence-corrected chi connectivity index (χ1v) is 9.13. The molecule has 0 fully saturated rings. The molecule has 0 atom stereocenters. The number of hydrogen-bond donors (Lipinski definition) is 1. The fraction of sp³-hybridized carbons (Fsp3) is 0.0870. The number of carbonyl (C=O) groups is 1. The molecule has 0 aliphatic heterocycles. The summed E-state index contributed by atoms with van der Waals surface area (Å²) in [5.74, 6) is 0.502. The molecule has 0 saturated heterocycles. The van der Waals surface area contributed by atoms with Crippen molar-refractivity contribution >= 4 is 23.2 Å².